The van der Waals surface area contributed by atoms with Gasteiger partial charge in [-0.2, -0.15) is 0 Å². The molecule has 3 rings (SSSR count). The highest BCUT2D eigenvalue weighted by Gasteiger charge is 2.48. The van der Waals surface area contributed by atoms with E-state index in [4.69, 9.17) is 0 Å². The number of hydrogen-bond acceptors (Lipinski definition) is 4. The Morgan fingerprint density at radius 2 is 1.78 bits per heavy atom. The average molecular weight is 311 g/mol. The minimum atomic E-state index is -2.12. The SMILES string of the molecule is O=C(O)C1(O)c2ccccc2C=CC1c1ccc([N+](=O)[O-])cc1. The van der Waals surface area contributed by atoms with Crippen molar-refractivity contribution in [2.45, 2.75) is 11.5 Å². The first-order valence-electron chi connectivity index (χ1n) is 6.92. The Morgan fingerprint density at radius 1 is 1.13 bits per heavy atom. The van der Waals surface area contributed by atoms with Crippen LogP contribution >= 0.6 is 0 Å². The molecule has 1 aliphatic carbocycles. The number of aliphatic hydroxyl groups is 1. The van der Waals surface area contributed by atoms with Gasteiger partial charge in [0.1, 0.15) is 0 Å². The third-order valence-corrected chi connectivity index (χ3v) is 4.08. The van der Waals surface area contributed by atoms with E-state index in [9.17, 15) is 25.1 Å². The lowest BCUT2D eigenvalue weighted by Crippen LogP contribution is -2.42. The summed E-state index contributed by atoms with van der Waals surface area (Å²) in [6, 6.07) is 12.3. The topological polar surface area (TPSA) is 101 Å². The monoisotopic (exact) mass is 311 g/mol. The molecule has 1 aliphatic rings. The molecule has 0 radical (unpaired) electrons. The molecule has 0 aliphatic heterocycles. The standard InChI is InChI=1S/C17H13NO5/c19-16(20)17(21)14-4-2-1-3-11(14)7-10-15(17)12-5-8-13(9-6-12)18(22)23/h1-10,15,21H,(H,19,20). The van der Waals surface area contributed by atoms with E-state index in [2.05, 4.69) is 0 Å². The van der Waals surface area contributed by atoms with Gasteiger partial charge in [0.25, 0.3) is 5.69 Å². The molecular weight excluding hydrogens is 298 g/mol. The van der Waals surface area contributed by atoms with Gasteiger partial charge in [-0.1, -0.05) is 48.6 Å². The fourth-order valence-electron chi connectivity index (χ4n) is 2.90. The smallest absolute Gasteiger partial charge is 0.341 e. The summed E-state index contributed by atoms with van der Waals surface area (Å²) in [5.74, 6) is -2.20. The maximum atomic E-state index is 11.8. The lowest BCUT2D eigenvalue weighted by Gasteiger charge is -2.35. The van der Waals surface area contributed by atoms with Gasteiger partial charge in [-0.05, 0) is 11.1 Å². The van der Waals surface area contributed by atoms with Gasteiger partial charge in [0.15, 0.2) is 5.60 Å². The Bertz CT molecular complexity index is 812. The molecule has 23 heavy (non-hydrogen) atoms. The summed E-state index contributed by atoms with van der Waals surface area (Å²) in [5.41, 5.74) is -0.783. The van der Waals surface area contributed by atoms with Crippen LogP contribution in [-0.2, 0) is 10.4 Å². The van der Waals surface area contributed by atoms with Crippen molar-refractivity contribution in [3.8, 4) is 0 Å². The van der Waals surface area contributed by atoms with E-state index < -0.39 is 22.4 Å². The molecule has 2 unspecified atom stereocenters. The predicted octanol–water partition coefficient (Wildman–Crippen LogP) is 2.68. The van der Waals surface area contributed by atoms with Gasteiger partial charge in [-0.3, -0.25) is 10.1 Å². The van der Waals surface area contributed by atoms with Crippen molar-refractivity contribution < 1.29 is 19.9 Å². The number of nitrogens with zero attached hydrogens (tertiary/aromatic N) is 1. The number of aliphatic carboxylic acids is 1. The van der Waals surface area contributed by atoms with E-state index in [1.165, 1.54) is 24.3 Å². The highest BCUT2D eigenvalue weighted by molar-refractivity contribution is 5.85. The van der Waals surface area contributed by atoms with Gasteiger partial charge < -0.3 is 10.2 Å². The van der Waals surface area contributed by atoms with E-state index in [1.54, 1.807) is 36.4 Å². The summed E-state index contributed by atoms with van der Waals surface area (Å²) in [7, 11) is 0. The molecule has 0 bridgehead atoms. The van der Waals surface area contributed by atoms with Crippen LogP contribution in [-0.4, -0.2) is 21.1 Å². The maximum absolute atomic E-state index is 11.8. The van der Waals surface area contributed by atoms with Crippen molar-refractivity contribution in [1.82, 2.24) is 0 Å². The van der Waals surface area contributed by atoms with E-state index in [-0.39, 0.29) is 5.69 Å². The van der Waals surface area contributed by atoms with Gasteiger partial charge in [-0.15, -0.1) is 0 Å². The molecule has 0 aromatic heterocycles. The Balaban J connectivity index is 2.12. The van der Waals surface area contributed by atoms with E-state index in [0.29, 0.717) is 16.7 Å². The first-order valence-corrected chi connectivity index (χ1v) is 6.92. The normalized spacial score (nSPS) is 22.4. The number of carbonyl (C=O) groups is 1. The fourth-order valence-corrected chi connectivity index (χ4v) is 2.90. The number of nitro groups is 1. The van der Waals surface area contributed by atoms with Crippen LogP contribution in [0.2, 0.25) is 0 Å². The molecule has 6 heteroatoms. The predicted molar refractivity (Wildman–Crippen MR) is 82.8 cm³/mol. The van der Waals surface area contributed by atoms with Gasteiger partial charge in [0, 0.05) is 23.6 Å². The number of benzene rings is 2. The van der Waals surface area contributed by atoms with E-state index >= 15 is 0 Å². The van der Waals surface area contributed by atoms with E-state index in [1.807, 2.05) is 0 Å². The van der Waals surface area contributed by atoms with Crippen LogP contribution in [0.1, 0.15) is 22.6 Å². The van der Waals surface area contributed by atoms with E-state index in [0.717, 1.165) is 0 Å². The molecule has 2 aromatic carbocycles. The molecule has 0 heterocycles. The highest BCUT2D eigenvalue weighted by Crippen LogP contribution is 2.44. The highest BCUT2D eigenvalue weighted by atomic mass is 16.6. The molecule has 2 aromatic rings. The van der Waals surface area contributed by atoms with Crippen molar-refractivity contribution >= 4 is 17.7 Å². The first-order chi connectivity index (χ1) is 10.9. The van der Waals surface area contributed by atoms with Crippen molar-refractivity contribution in [1.29, 1.82) is 0 Å². The molecule has 0 fully saturated rings. The zero-order valence-electron chi connectivity index (χ0n) is 11.9. The molecule has 2 N–H and O–H groups in total. The first kappa shape index (κ1) is 14.9. The second-order valence-corrected chi connectivity index (χ2v) is 5.34. The Labute approximate surface area is 131 Å². The number of carboxylic acids is 1. The second-order valence-electron chi connectivity index (χ2n) is 5.34. The minimum Gasteiger partial charge on any atom is -0.479 e. The lowest BCUT2D eigenvalue weighted by molar-refractivity contribution is -0.384. The number of nitro benzene ring substituents is 1. The van der Waals surface area contributed by atoms with Gasteiger partial charge in [0.05, 0.1) is 4.92 Å². The van der Waals surface area contributed by atoms with Crippen molar-refractivity contribution in [3.63, 3.8) is 0 Å². The molecule has 6 nitrogen and oxygen atoms in total. The summed E-state index contributed by atoms with van der Waals surface area (Å²) >= 11 is 0. The number of rotatable bonds is 3. The molecule has 2 atom stereocenters. The fraction of sp³-hybridized carbons (Fsp3) is 0.118. The molecule has 0 amide bonds. The Hall–Kier alpha value is -2.99. The Kier molecular flexibility index (Phi) is 3.46. The largest absolute Gasteiger partial charge is 0.479 e. The molecule has 116 valence electrons. The van der Waals surface area contributed by atoms with Gasteiger partial charge in [-0.25, -0.2) is 4.79 Å². The van der Waals surface area contributed by atoms with Crippen molar-refractivity contribution in [3.05, 3.63) is 81.4 Å². The Morgan fingerprint density at radius 3 is 2.39 bits per heavy atom. The zero-order valence-corrected chi connectivity index (χ0v) is 11.9. The molecular formula is C17H13NO5. The van der Waals surface area contributed by atoms with Crippen LogP contribution in [0.5, 0.6) is 0 Å². The van der Waals surface area contributed by atoms with Crippen molar-refractivity contribution in [2.24, 2.45) is 0 Å². The number of non-ortho nitro benzene ring substituents is 1. The molecule has 0 saturated carbocycles. The van der Waals surface area contributed by atoms with Crippen LogP contribution in [0.4, 0.5) is 5.69 Å². The number of fused-ring (bicyclic) bond motifs is 1. The number of carboxylic acid groups (broad SMARTS) is 1. The van der Waals surface area contributed by atoms with Crippen LogP contribution in [0.15, 0.2) is 54.6 Å². The van der Waals surface area contributed by atoms with Crippen molar-refractivity contribution in [2.75, 3.05) is 0 Å². The van der Waals surface area contributed by atoms with Gasteiger partial charge >= 0.3 is 5.97 Å². The third kappa shape index (κ3) is 2.29. The van der Waals surface area contributed by atoms with Crippen LogP contribution in [0.3, 0.4) is 0 Å². The summed E-state index contributed by atoms with van der Waals surface area (Å²) in [6.07, 6.45) is 3.36. The summed E-state index contributed by atoms with van der Waals surface area (Å²) in [4.78, 5) is 22.0. The summed E-state index contributed by atoms with van der Waals surface area (Å²) in [5, 5.41) is 31.3. The van der Waals surface area contributed by atoms with Crippen LogP contribution in [0, 0.1) is 10.1 Å². The molecule has 0 saturated heterocycles. The zero-order chi connectivity index (χ0) is 16.6. The summed E-state index contributed by atoms with van der Waals surface area (Å²) < 4.78 is 0. The lowest BCUT2D eigenvalue weighted by atomic mass is 9.72. The average Bonchev–Trinajstić information content (AvgIpc) is 2.55. The second kappa shape index (κ2) is 5.33. The molecule has 0 spiro atoms. The number of hydrogen-bond donors (Lipinski definition) is 2. The van der Waals surface area contributed by atoms with Crippen LogP contribution < -0.4 is 0 Å². The summed E-state index contributed by atoms with van der Waals surface area (Å²) in [6.45, 7) is 0. The minimum absolute atomic E-state index is 0.0900. The van der Waals surface area contributed by atoms with Gasteiger partial charge in [0.2, 0.25) is 0 Å². The third-order valence-electron chi connectivity index (χ3n) is 4.08. The maximum Gasteiger partial charge on any atom is 0.341 e. The quantitative estimate of drug-likeness (QED) is 0.670. The van der Waals surface area contributed by atoms with Crippen LogP contribution in [0.25, 0.3) is 6.08 Å².